The summed E-state index contributed by atoms with van der Waals surface area (Å²) in [6.45, 7) is -0.607. The van der Waals surface area contributed by atoms with E-state index >= 15 is 0 Å². The van der Waals surface area contributed by atoms with Crippen molar-refractivity contribution in [1.29, 1.82) is 0 Å². The van der Waals surface area contributed by atoms with Gasteiger partial charge in [-0.25, -0.2) is 4.39 Å². The van der Waals surface area contributed by atoms with Crippen LogP contribution in [0.15, 0.2) is 35.7 Å². The highest BCUT2D eigenvalue weighted by molar-refractivity contribution is 14.1. The van der Waals surface area contributed by atoms with Crippen molar-refractivity contribution in [3.63, 3.8) is 0 Å². The van der Waals surface area contributed by atoms with Gasteiger partial charge in [-0.3, -0.25) is 0 Å². The lowest BCUT2D eigenvalue weighted by Gasteiger charge is -2.38. The predicted molar refractivity (Wildman–Crippen MR) is 99.6 cm³/mol. The summed E-state index contributed by atoms with van der Waals surface area (Å²) in [7, 11) is 0. The first-order chi connectivity index (χ1) is 12.0. The summed E-state index contributed by atoms with van der Waals surface area (Å²) in [6, 6.07) is 9.82. The van der Waals surface area contributed by atoms with Crippen LogP contribution >= 0.6 is 33.9 Å². The number of benzene rings is 1. The maximum atomic E-state index is 13.8. The molecule has 1 aromatic carbocycles. The van der Waals surface area contributed by atoms with Crippen LogP contribution in [0.2, 0.25) is 0 Å². The molecule has 25 heavy (non-hydrogen) atoms. The lowest BCUT2D eigenvalue weighted by molar-refractivity contribution is -0.265. The first-order valence-corrected chi connectivity index (χ1v) is 9.69. The quantitative estimate of drug-likeness (QED) is 0.572. The molecule has 0 radical (unpaired) electrons. The van der Waals surface area contributed by atoms with E-state index in [0.29, 0.717) is 12.2 Å². The number of rotatable bonds is 5. The summed E-state index contributed by atoms with van der Waals surface area (Å²) < 4.78 is 25.9. The van der Waals surface area contributed by atoms with E-state index in [0.717, 1.165) is 14.0 Å². The standard InChI is InChI=1S/C17H18FIO5S/c18-14-12(8-20)24-17(16(22)15(14)21)23-11-5-6-25-13(11)7-9-1-3-10(19)4-2-9/h1-6,12,14-17,20-22H,7-8H2. The van der Waals surface area contributed by atoms with Gasteiger partial charge >= 0.3 is 0 Å². The van der Waals surface area contributed by atoms with Crippen LogP contribution in [-0.2, 0) is 11.2 Å². The predicted octanol–water partition coefficient (Wildman–Crippen LogP) is 2.10. The molecular weight excluding hydrogens is 462 g/mol. The first-order valence-electron chi connectivity index (χ1n) is 7.73. The van der Waals surface area contributed by atoms with Crippen molar-refractivity contribution in [2.45, 2.75) is 37.2 Å². The third-order valence-corrected chi connectivity index (χ3v) is 5.65. The molecule has 0 saturated carbocycles. The molecule has 1 aliphatic heterocycles. The van der Waals surface area contributed by atoms with Crippen LogP contribution in [-0.4, -0.2) is 52.7 Å². The average Bonchev–Trinajstić information content (AvgIpc) is 3.04. The number of hydrogen-bond acceptors (Lipinski definition) is 6. The van der Waals surface area contributed by atoms with Gasteiger partial charge in [-0.05, 0) is 51.7 Å². The van der Waals surface area contributed by atoms with Gasteiger partial charge in [0.2, 0.25) is 6.29 Å². The summed E-state index contributed by atoms with van der Waals surface area (Å²) in [5.41, 5.74) is 1.11. The summed E-state index contributed by atoms with van der Waals surface area (Å²) in [6.07, 6.45) is -6.91. The fourth-order valence-corrected chi connectivity index (χ4v) is 3.81. The second kappa shape index (κ2) is 8.28. The van der Waals surface area contributed by atoms with Gasteiger partial charge in [0.15, 0.2) is 6.17 Å². The highest BCUT2D eigenvalue weighted by atomic mass is 127. The molecule has 5 nitrogen and oxygen atoms in total. The zero-order valence-electron chi connectivity index (χ0n) is 13.1. The van der Waals surface area contributed by atoms with E-state index in [2.05, 4.69) is 22.6 Å². The Labute approximate surface area is 162 Å². The van der Waals surface area contributed by atoms with Gasteiger partial charge in [0.25, 0.3) is 0 Å². The zero-order valence-corrected chi connectivity index (χ0v) is 16.1. The van der Waals surface area contributed by atoms with E-state index in [9.17, 15) is 14.6 Å². The Morgan fingerprint density at radius 1 is 1.16 bits per heavy atom. The molecule has 5 atom stereocenters. The highest BCUT2D eigenvalue weighted by Gasteiger charge is 2.46. The Hall–Kier alpha value is -0.780. The molecule has 1 fully saturated rings. The van der Waals surface area contributed by atoms with Crippen molar-refractivity contribution in [3.8, 4) is 5.75 Å². The van der Waals surface area contributed by atoms with Gasteiger partial charge in [0.05, 0.1) is 11.5 Å². The number of aliphatic hydroxyl groups excluding tert-OH is 3. The average molecular weight is 480 g/mol. The SMILES string of the molecule is OCC1OC(Oc2ccsc2Cc2ccc(I)cc2)C(O)C(O)C1F. The van der Waals surface area contributed by atoms with Crippen LogP contribution in [0.3, 0.4) is 0 Å². The normalized spacial score (nSPS) is 29.6. The van der Waals surface area contributed by atoms with Crippen molar-refractivity contribution < 1.29 is 29.2 Å². The minimum atomic E-state index is -1.87. The van der Waals surface area contributed by atoms with Crippen LogP contribution in [0.5, 0.6) is 5.75 Å². The summed E-state index contributed by atoms with van der Waals surface area (Å²) in [4.78, 5) is 0.925. The van der Waals surface area contributed by atoms with E-state index in [1.165, 1.54) is 11.3 Å². The highest BCUT2D eigenvalue weighted by Crippen LogP contribution is 2.32. The van der Waals surface area contributed by atoms with Crippen LogP contribution in [0.25, 0.3) is 0 Å². The molecule has 1 saturated heterocycles. The van der Waals surface area contributed by atoms with Gasteiger partial charge in [0, 0.05) is 9.99 Å². The lowest BCUT2D eigenvalue weighted by atomic mass is 10.0. The molecule has 0 spiro atoms. The molecule has 5 unspecified atom stereocenters. The number of aliphatic hydroxyl groups is 3. The van der Waals surface area contributed by atoms with Crippen molar-refractivity contribution in [3.05, 3.63) is 49.7 Å². The summed E-state index contributed by atoms with van der Waals surface area (Å²) in [5.74, 6) is 0.508. The van der Waals surface area contributed by atoms with E-state index in [4.69, 9.17) is 14.6 Å². The van der Waals surface area contributed by atoms with Crippen LogP contribution in [0.1, 0.15) is 10.4 Å². The molecule has 3 rings (SSSR count). The lowest BCUT2D eigenvalue weighted by Crippen LogP contribution is -2.58. The topological polar surface area (TPSA) is 79.2 Å². The second-order valence-corrected chi connectivity index (χ2v) is 8.03. The number of ether oxygens (including phenoxy) is 2. The molecule has 0 aliphatic carbocycles. The van der Waals surface area contributed by atoms with Crippen LogP contribution < -0.4 is 4.74 Å². The molecule has 1 aliphatic rings. The maximum Gasteiger partial charge on any atom is 0.229 e. The number of halogens is 2. The Morgan fingerprint density at radius 3 is 2.56 bits per heavy atom. The fourth-order valence-electron chi connectivity index (χ4n) is 2.61. The minimum Gasteiger partial charge on any atom is -0.461 e. The zero-order chi connectivity index (χ0) is 18.0. The van der Waals surface area contributed by atoms with Gasteiger partial charge in [-0.2, -0.15) is 0 Å². The van der Waals surface area contributed by atoms with E-state index in [1.54, 1.807) is 6.07 Å². The van der Waals surface area contributed by atoms with Crippen LogP contribution in [0, 0.1) is 3.57 Å². The maximum absolute atomic E-state index is 13.8. The Morgan fingerprint density at radius 2 is 1.88 bits per heavy atom. The molecule has 0 amide bonds. The van der Waals surface area contributed by atoms with Gasteiger partial charge < -0.3 is 24.8 Å². The molecule has 3 N–H and O–H groups in total. The van der Waals surface area contributed by atoms with Crippen molar-refractivity contribution in [2.24, 2.45) is 0 Å². The first kappa shape index (κ1) is 19.0. The Kier molecular flexibility index (Phi) is 6.29. The number of alkyl halides is 1. The Bertz CT molecular complexity index is 693. The van der Waals surface area contributed by atoms with Crippen LogP contribution in [0.4, 0.5) is 4.39 Å². The van der Waals surface area contributed by atoms with E-state index < -0.39 is 37.4 Å². The second-order valence-electron chi connectivity index (χ2n) is 5.78. The van der Waals surface area contributed by atoms with Gasteiger partial charge in [0.1, 0.15) is 24.1 Å². The number of hydrogen-bond donors (Lipinski definition) is 3. The summed E-state index contributed by atoms with van der Waals surface area (Å²) in [5, 5.41) is 30.8. The monoisotopic (exact) mass is 480 g/mol. The molecule has 2 heterocycles. The minimum absolute atomic E-state index is 0.508. The molecule has 0 bridgehead atoms. The van der Waals surface area contributed by atoms with E-state index in [-0.39, 0.29) is 0 Å². The van der Waals surface area contributed by atoms with Gasteiger partial charge in [-0.15, -0.1) is 11.3 Å². The molecule has 136 valence electrons. The van der Waals surface area contributed by atoms with Gasteiger partial charge in [-0.1, -0.05) is 12.1 Å². The van der Waals surface area contributed by atoms with E-state index in [1.807, 2.05) is 29.6 Å². The molecule has 1 aromatic heterocycles. The largest absolute Gasteiger partial charge is 0.461 e. The molecule has 8 heteroatoms. The smallest absolute Gasteiger partial charge is 0.229 e. The van der Waals surface area contributed by atoms with Crippen molar-refractivity contribution >= 4 is 33.9 Å². The molecule has 2 aromatic rings. The third kappa shape index (κ3) is 4.32. The summed E-state index contributed by atoms with van der Waals surface area (Å²) >= 11 is 3.74. The van der Waals surface area contributed by atoms with Crippen molar-refractivity contribution in [2.75, 3.05) is 6.61 Å². The Balaban J connectivity index is 1.73. The van der Waals surface area contributed by atoms with Crippen molar-refractivity contribution in [1.82, 2.24) is 0 Å². The molecular formula is C17H18FIO5S. The fraction of sp³-hybridized carbons (Fsp3) is 0.412. The third-order valence-electron chi connectivity index (χ3n) is 4.02. The number of thiophene rings is 1.